The van der Waals surface area contributed by atoms with Gasteiger partial charge in [0.05, 0.1) is 11.2 Å². The van der Waals surface area contributed by atoms with Gasteiger partial charge in [-0.3, -0.25) is 0 Å². The molecule has 0 atom stereocenters. The SMILES string of the molecule is CN(C)Cc1nc(C(C)(C)N)cs1. The molecule has 0 radical (unpaired) electrons. The Morgan fingerprint density at radius 2 is 2.15 bits per heavy atom. The molecule has 0 bridgehead atoms. The third-order valence-electron chi connectivity index (χ3n) is 1.66. The van der Waals surface area contributed by atoms with Crippen LogP contribution in [0.1, 0.15) is 24.5 Å². The van der Waals surface area contributed by atoms with Crippen LogP contribution >= 0.6 is 11.3 Å². The third kappa shape index (κ3) is 3.06. The summed E-state index contributed by atoms with van der Waals surface area (Å²) in [7, 11) is 4.07. The topological polar surface area (TPSA) is 42.2 Å². The predicted molar refractivity (Wildman–Crippen MR) is 56.7 cm³/mol. The van der Waals surface area contributed by atoms with Crippen LogP contribution in [-0.2, 0) is 12.1 Å². The molecule has 0 fully saturated rings. The Hall–Kier alpha value is -0.450. The van der Waals surface area contributed by atoms with Gasteiger partial charge in [-0.1, -0.05) is 0 Å². The molecule has 0 amide bonds. The summed E-state index contributed by atoms with van der Waals surface area (Å²) in [6.07, 6.45) is 0. The molecule has 0 aliphatic carbocycles. The first kappa shape index (κ1) is 10.6. The molecule has 0 saturated heterocycles. The lowest BCUT2D eigenvalue weighted by atomic mass is 10.0. The van der Waals surface area contributed by atoms with Crippen LogP contribution in [0.15, 0.2) is 5.38 Å². The fraction of sp³-hybridized carbons (Fsp3) is 0.667. The molecule has 2 N–H and O–H groups in total. The number of thiazole rings is 1. The Balaban J connectivity index is 2.75. The molecule has 13 heavy (non-hydrogen) atoms. The van der Waals surface area contributed by atoms with Crippen LogP contribution in [0.4, 0.5) is 0 Å². The first-order chi connectivity index (χ1) is 5.89. The van der Waals surface area contributed by atoms with Crippen molar-refractivity contribution in [1.82, 2.24) is 9.88 Å². The predicted octanol–water partition coefficient (Wildman–Crippen LogP) is 1.40. The molecule has 74 valence electrons. The Labute approximate surface area is 83.6 Å². The smallest absolute Gasteiger partial charge is 0.107 e. The lowest BCUT2D eigenvalue weighted by Crippen LogP contribution is -2.29. The van der Waals surface area contributed by atoms with Crippen molar-refractivity contribution in [2.24, 2.45) is 5.73 Å². The largest absolute Gasteiger partial charge is 0.321 e. The zero-order chi connectivity index (χ0) is 10.1. The van der Waals surface area contributed by atoms with Gasteiger partial charge in [-0.15, -0.1) is 11.3 Å². The fourth-order valence-electron chi connectivity index (χ4n) is 0.950. The Kier molecular flexibility index (Phi) is 3.05. The van der Waals surface area contributed by atoms with E-state index in [1.54, 1.807) is 11.3 Å². The van der Waals surface area contributed by atoms with Gasteiger partial charge < -0.3 is 10.6 Å². The van der Waals surface area contributed by atoms with Gasteiger partial charge in [0.2, 0.25) is 0 Å². The molecule has 0 aromatic carbocycles. The van der Waals surface area contributed by atoms with Crippen LogP contribution in [0.2, 0.25) is 0 Å². The Bertz CT molecular complexity index is 273. The van der Waals surface area contributed by atoms with E-state index in [2.05, 4.69) is 9.88 Å². The van der Waals surface area contributed by atoms with Crippen LogP contribution in [0.3, 0.4) is 0 Å². The molecule has 1 rings (SSSR count). The van der Waals surface area contributed by atoms with Crippen molar-refractivity contribution in [2.75, 3.05) is 14.1 Å². The highest BCUT2D eigenvalue weighted by molar-refractivity contribution is 7.09. The van der Waals surface area contributed by atoms with Gasteiger partial charge in [0, 0.05) is 11.9 Å². The molecule has 4 heteroatoms. The van der Waals surface area contributed by atoms with Crippen LogP contribution in [-0.4, -0.2) is 24.0 Å². The van der Waals surface area contributed by atoms with Crippen molar-refractivity contribution in [3.05, 3.63) is 16.1 Å². The van der Waals surface area contributed by atoms with E-state index in [0.29, 0.717) is 0 Å². The minimum atomic E-state index is -0.318. The monoisotopic (exact) mass is 199 g/mol. The lowest BCUT2D eigenvalue weighted by Gasteiger charge is -2.14. The quantitative estimate of drug-likeness (QED) is 0.800. The lowest BCUT2D eigenvalue weighted by molar-refractivity contribution is 0.400. The van der Waals surface area contributed by atoms with Gasteiger partial charge in [-0.2, -0.15) is 0 Å². The standard InChI is InChI=1S/C9H17N3S/c1-9(2,10)7-6-13-8(11-7)5-12(3)4/h6H,5,10H2,1-4H3. The maximum absolute atomic E-state index is 5.93. The van der Waals surface area contributed by atoms with Gasteiger partial charge >= 0.3 is 0 Å². The molecule has 3 nitrogen and oxygen atoms in total. The number of nitrogens with zero attached hydrogens (tertiary/aromatic N) is 2. The maximum Gasteiger partial charge on any atom is 0.107 e. The van der Waals surface area contributed by atoms with Crippen molar-refractivity contribution in [2.45, 2.75) is 25.9 Å². The number of rotatable bonds is 3. The van der Waals surface area contributed by atoms with Crippen molar-refractivity contribution in [1.29, 1.82) is 0 Å². The maximum atomic E-state index is 5.93. The fourth-order valence-corrected chi connectivity index (χ4v) is 2.04. The highest BCUT2D eigenvalue weighted by Gasteiger charge is 2.17. The van der Waals surface area contributed by atoms with Crippen LogP contribution in [0.5, 0.6) is 0 Å². The van der Waals surface area contributed by atoms with E-state index in [1.165, 1.54) is 0 Å². The molecule has 0 aliphatic rings. The van der Waals surface area contributed by atoms with E-state index in [0.717, 1.165) is 17.2 Å². The van der Waals surface area contributed by atoms with Gasteiger partial charge in [0.25, 0.3) is 0 Å². The summed E-state index contributed by atoms with van der Waals surface area (Å²) in [6.45, 7) is 4.84. The molecule has 1 aromatic heterocycles. The number of hydrogen-bond donors (Lipinski definition) is 1. The molecule has 1 aromatic rings. The third-order valence-corrected chi connectivity index (χ3v) is 2.50. The van der Waals surface area contributed by atoms with Gasteiger partial charge in [0.1, 0.15) is 5.01 Å². The van der Waals surface area contributed by atoms with Crippen molar-refractivity contribution >= 4 is 11.3 Å². The molecular weight excluding hydrogens is 182 g/mol. The van der Waals surface area contributed by atoms with Crippen LogP contribution < -0.4 is 5.73 Å². The zero-order valence-corrected chi connectivity index (χ0v) is 9.48. The Morgan fingerprint density at radius 3 is 2.54 bits per heavy atom. The second-order valence-corrected chi connectivity index (χ2v) is 5.03. The molecule has 1 heterocycles. The average molecular weight is 199 g/mol. The van der Waals surface area contributed by atoms with Crippen LogP contribution in [0.25, 0.3) is 0 Å². The van der Waals surface area contributed by atoms with E-state index in [1.807, 2.05) is 33.3 Å². The average Bonchev–Trinajstić information content (AvgIpc) is 2.32. The normalized spacial score (nSPS) is 12.5. The molecular formula is C9H17N3S. The first-order valence-corrected chi connectivity index (χ1v) is 5.16. The van der Waals surface area contributed by atoms with Gasteiger partial charge in [-0.05, 0) is 27.9 Å². The second-order valence-electron chi connectivity index (χ2n) is 4.09. The summed E-state index contributed by atoms with van der Waals surface area (Å²) in [5, 5.41) is 3.16. The summed E-state index contributed by atoms with van der Waals surface area (Å²) < 4.78 is 0. The first-order valence-electron chi connectivity index (χ1n) is 4.28. The molecule has 0 aliphatic heterocycles. The number of hydrogen-bond acceptors (Lipinski definition) is 4. The minimum absolute atomic E-state index is 0.318. The van der Waals surface area contributed by atoms with E-state index in [4.69, 9.17) is 5.73 Å². The summed E-state index contributed by atoms with van der Waals surface area (Å²) in [6, 6.07) is 0. The van der Waals surface area contributed by atoms with Gasteiger partial charge in [-0.25, -0.2) is 4.98 Å². The highest BCUT2D eigenvalue weighted by atomic mass is 32.1. The number of aromatic nitrogens is 1. The van der Waals surface area contributed by atoms with E-state index in [-0.39, 0.29) is 5.54 Å². The second kappa shape index (κ2) is 3.74. The van der Waals surface area contributed by atoms with E-state index in [9.17, 15) is 0 Å². The molecule has 0 unspecified atom stereocenters. The molecule has 0 saturated carbocycles. The summed E-state index contributed by atoms with van der Waals surface area (Å²) in [5.41, 5.74) is 6.59. The van der Waals surface area contributed by atoms with Gasteiger partial charge in [0.15, 0.2) is 0 Å². The van der Waals surface area contributed by atoms with E-state index >= 15 is 0 Å². The van der Waals surface area contributed by atoms with Crippen molar-refractivity contribution in [3.8, 4) is 0 Å². The summed E-state index contributed by atoms with van der Waals surface area (Å²) >= 11 is 1.67. The summed E-state index contributed by atoms with van der Waals surface area (Å²) in [5.74, 6) is 0. The van der Waals surface area contributed by atoms with Crippen LogP contribution in [0, 0.1) is 0 Å². The summed E-state index contributed by atoms with van der Waals surface area (Å²) in [4.78, 5) is 6.58. The Morgan fingerprint density at radius 1 is 1.54 bits per heavy atom. The van der Waals surface area contributed by atoms with Crippen molar-refractivity contribution < 1.29 is 0 Å². The number of nitrogens with two attached hydrogens (primary N) is 1. The zero-order valence-electron chi connectivity index (χ0n) is 8.66. The minimum Gasteiger partial charge on any atom is -0.321 e. The highest BCUT2D eigenvalue weighted by Crippen LogP contribution is 2.19. The van der Waals surface area contributed by atoms with Crippen molar-refractivity contribution in [3.63, 3.8) is 0 Å². The molecule has 0 spiro atoms. The van der Waals surface area contributed by atoms with E-state index < -0.39 is 0 Å².